The molecule has 0 atom stereocenters. The van der Waals surface area contributed by atoms with Crippen molar-refractivity contribution in [3.8, 4) is 5.75 Å². The van der Waals surface area contributed by atoms with E-state index in [-0.39, 0.29) is 0 Å². The minimum atomic E-state index is 0.640. The van der Waals surface area contributed by atoms with Crippen molar-refractivity contribution in [3.05, 3.63) is 124 Å². The Morgan fingerprint density at radius 2 is 1.49 bits per heavy atom. The van der Waals surface area contributed by atoms with E-state index in [1.54, 1.807) is 11.8 Å². The number of thioether (sulfide) groups is 1. The first-order valence-electron chi connectivity index (χ1n) is 15.2. The number of rotatable bonds is 11. The maximum Gasteiger partial charge on any atom is 0.127 e. The Labute approximate surface area is 257 Å². The van der Waals surface area contributed by atoms with Gasteiger partial charge in [-0.25, -0.2) is 0 Å². The first-order valence-corrected chi connectivity index (χ1v) is 16.1. The third kappa shape index (κ3) is 16.8. The Hall–Kier alpha value is -2.95. The van der Waals surface area contributed by atoms with E-state index in [9.17, 15) is 0 Å². The number of allylic oxidation sites excluding steroid dienone is 7. The Balaban J connectivity index is 0.00000140. The lowest BCUT2D eigenvalue weighted by Crippen LogP contribution is -2.31. The van der Waals surface area contributed by atoms with Gasteiger partial charge in [0.15, 0.2) is 0 Å². The molecule has 0 saturated carbocycles. The van der Waals surface area contributed by atoms with E-state index in [0.717, 1.165) is 41.7 Å². The summed E-state index contributed by atoms with van der Waals surface area (Å²) in [5.74, 6) is 2.64. The van der Waals surface area contributed by atoms with Crippen molar-refractivity contribution in [2.24, 2.45) is 5.92 Å². The Morgan fingerprint density at radius 1 is 0.902 bits per heavy atom. The summed E-state index contributed by atoms with van der Waals surface area (Å²) in [5, 5.41) is 9.16. The third-order valence-electron chi connectivity index (χ3n) is 6.37. The number of para-hydroxylation sites is 1. The molecular formula is C37H56N2OS. The second kappa shape index (κ2) is 24.8. The van der Waals surface area contributed by atoms with Gasteiger partial charge in [0, 0.05) is 17.9 Å². The highest BCUT2D eigenvalue weighted by molar-refractivity contribution is 8.05. The van der Waals surface area contributed by atoms with Crippen LogP contribution in [0.15, 0.2) is 118 Å². The lowest BCUT2D eigenvalue weighted by molar-refractivity contribution is 0.411. The molecule has 0 saturated heterocycles. The fourth-order valence-electron chi connectivity index (χ4n) is 3.38. The van der Waals surface area contributed by atoms with E-state index in [2.05, 4.69) is 80.7 Å². The van der Waals surface area contributed by atoms with Crippen LogP contribution >= 0.6 is 11.8 Å². The molecule has 2 aromatic rings. The van der Waals surface area contributed by atoms with Crippen LogP contribution in [0.25, 0.3) is 0 Å². The van der Waals surface area contributed by atoms with Crippen LogP contribution in [0, 0.1) is 5.92 Å². The molecule has 1 aliphatic rings. The van der Waals surface area contributed by atoms with E-state index in [4.69, 9.17) is 4.74 Å². The van der Waals surface area contributed by atoms with Gasteiger partial charge in [0.2, 0.25) is 0 Å². The Kier molecular flexibility index (Phi) is 23.0. The average molecular weight is 577 g/mol. The molecule has 0 spiro atoms. The SMILES string of the molecule is C=C1/C=C\C=C/S/C(CNCN/C(Cc2ccccc2)=C(/C)Oc2ccccc2)=C\1C.CC.CC.CCC(C)CC. The normalized spacial score (nSPS) is 16.2. The fraction of sp³-hybridized carbons (Fsp3) is 0.405. The van der Waals surface area contributed by atoms with E-state index < -0.39 is 0 Å². The van der Waals surface area contributed by atoms with E-state index in [0.29, 0.717) is 6.67 Å². The van der Waals surface area contributed by atoms with Crippen LogP contribution in [0.5, 0.6) is 5.75 Å². The van der Waals surface area contributed by atoms with E-state index in [1.165, 1.54) is 28.9 Å². The van der Waals surface area contributed by atoms with Gasteiger partial charge in [-0.2, -0.15) is 0 Å². The predicted molar refractivity (Wildman–Crippen MR) is 186 cm³/mol. The zero-order chi connectivity index (χ0) is 30.9. The van der Waals surface area contributed by atoms with E-state index >= 15 is 0 Å². The molecule has 1 aliphatic heterocycles. The summed E-state index contributed by atoms with van der Waals surface area (Å²) in [7, 11) is 0. The summed E-state index contributed by atoms with van der Waals surface area (Å²) in [6, 6.07) is 20.3. The molecule has 4 heteroatoms. The van der Waals surface area contributed by atoms with Crippen molar-refractivity contribution < 1.29 is 4.74 Å². The second-order valence-electron chi connectivity index (χ2n) is 9.19. The molecule has 1 heterocycles. The van der Waals surface area contributed by atoms with Crippen molar-refractivity contribution in [3.63, 3.8) is 0 Å². The van der Waals surface area contributed by atoms with Gasteiger partial charge in [-0.3, -0.25) is 5.32 Å². The molecule has 0 unspecified atom stereocenters. The number of hydrogen-bond acceptors (Lipinski definition) is 4. The zero-order valence-electron chi connectivity index (χ0n) is 27.2. The van der Waals surface area contributed by atoms with Crippen LogP contribution in [0.4, 0.5) is 0 Å². The summed E-state index contributed by atoms with van der Waals surface area (Å²) < 4.78 is 6.10. The highest BCUT2D eigenvalue weighted by Crippen LogP contribution is 2.26. The summed E-state index contributed by atoms with van der Waals surface area (Å²) >= 11 is 1.74. The van der Waals surface area contributed by atoms with Crippen LogP contribution in [0.2, 0.25) is 0 Å². The molecule has 2 N–H and O–H groups in total. The molecular weight excluding hydrogens is 520 g/mol. The van der Waals surface area contributed by atoms with Crippen molar-refractivity contribution >= 4 is 11.8 Å². The van der Waals surface area contributed by atoms with Crippen molar-refractivity contribution in [2.45, 2.75) is 81.6 Å². The maximum absolute atomic E-state index is 6.10. The highest BCUT2D eigenvalue weighted by atomic mass is 32.2. The zero-order valence-corrected chi connectivity index (χ0v) is 28.0. The lowest BCUT2D eigenvalue weighted by atomic mass is 10.1. The Bertz CT molecular complexity index is 1060. The average Bonchev–Trinajstić information content (AvgIpc) is 3.03. The quantitative estimate of drug-likeness (QED) is 0.158. The summed E-state index contributed by atoms with van der Waals surface area (Å²) in [6.07, 6.45) is 9.57. The molecule has 0 radical (unpaired) electrons. The van der Waals surface area contributed by atoms with Crippen LogP contribution < -0.4 is 15.4 Å². The van der Waals surface area contributed by atoms with Crippen LogP contribution in [0.3, 0.4) is 0 Å². The Morgan fingerprint density at radius 3 is 2.05 bits per heavy atom. The first-order chi connectivity index (χ1) is 19.9. The molecule has 41 heavy (non-hydrogen) atoms. The predicted octanol–water partition coefficient (Wildman–Crippen LogP) is 10.8. The van der Waals surface area contributed by atoms with Gasteiger partial charge in [0.25, 0.3) is 0 Å². The molecule has 0 amide bonds. The van der Waals surface area contributed by atoms with Gasteiger partial charge < -0.3 is 10.1 Å². The molecule has 0 aliphatic carbocycles. The lowest BCUT2D eigenvalue weighted by Gasteiger charge is -2.18. The number of ether oxygens (including phenoxy) is 1. The third-order valence-corrected chi connectivity index (χ3v) is 7.39. The highest BCUT2D eigenvalue weighted by Gasteiger charge is 2.09. The minimum absolute atomic E-state index is 0.640. The summed E-state index contributed by atoms with van der Waals surface area (Å²) in [5.41, 5.74) is 4.58. The molecule has 226 valence electrons. The van der Waals surface area contributed by atoms with Crippen LogP contribution in [-0.2, 0) is 6.42 Å². The van der Waals surface area contributed by atoms with Gasteiger partial charge in [-0.15, -0.1) is 11.8 Å². The maximum atomic E-state index is 6.10. The van der Waals surface area contributed by atoms with Gasteiger partial charge in [0.05, 0.1) is 12.4 Å². The summed E-state index contributed by atoms with van der Waals surface area (Å²) in [4.78, 5) is 1.28. The monoisotopic (exact) mass is 576 g/mol. The van der Waals surface area contributed by atoms with Crippen molar-refractivity contribution in [1.29, 1.82) is 0 Å². The smallest absolute Gasteiger partial charge is 0.127 e. The second-order valence-corrected chi connectivity index (χ2v) is 10.2. The topological polar surface area (TPSA) is 33.3 Å². The largest absolute Gasteiger partial charge is 0.460 e. The van der Waals surface area contributed by atoms with Crippen molar-refractivity contribution in [2.75, 3.05) is 13.2 Å². The summed E-state index contributed by atoms with van der Waals surface area (Å²) in [6.45, 7) is 24.4. The number of benzene rings is 2. The van der Waals surface area contributed by atoms with Gasteiger partial charge in [0.1, 0.15) is 11.5 Å². The van der Waals surface area contributed by atoms with Crippen LogP contribution in [-0.4, -0.2) is 13.2 Å². The number of nitrogens with one attached hydrogen (secondary N) is 2. The minimum Gasteiger partial charge on any atom is -0.460 e. The first kappa shape index (κ1) is 38.1. The van der Waals surface area contributed by atoms with Gasteiger partial charge in [-0.1, -0.05) is 135 Å². The molecule has 2 aromatic carbocycles. The van der Waals surface area contributed by atoms with Crippen molar-refractivity contribution in [1.82, 2.24) is 10.6 Å². The van der Waals surface area contributed by atoms with Crippen LogP contribution in [0.1, 0.15) is 80.7 Å². The molecule has 3 nitrogen and oxygen atoms in total. The molecule has 0 bridgehead atoms. The number of hydrogen-bond donors (Lipinski definition) is 2. The standard InChI is InChI=1S/C27H30N2OS.C6H14.2C2H6/c1-21-12-10-11-17-31-27(22(21)2)19-28-20-29-26(18-24-13-6-4-7-14-24)23(3)30-25-15-8-5-9-16-25;1-4-6(3)5-2;2*1-2/h4-17,28-29H,1,18-20H2,2-3H3;6H,4-5H2,1-3H3;2*1-2H3/b12-10-,17-11-,26-23-,27-22-;;;. The molecule has 0 aromatic heterocycles. The fourth-order valence-corrected chi connectivity index (χ4v) is 4.20. The molecule has 0 fully saturated rings. The van der Waals surface area contributed by atoms with Gasteiger partial charge >= 0.3 is 0 Å². The van der Waals surface area contributed by atoms with Gasteiger partial charge in [-0.05, 0) is 54.0 Å². The van der Waals surface area contributed by atoms with E-state index in [1.807, 2.05) is 83.2 Å². The molecule has 3 rings (SSSR count).